The second-order valence-corrected chi connectivity index (χ2v) is 5.51. The zero-order valence-electron chi connectivity index (χ0n) is 13.6. The molecule has 1 aromatic carbocycles. The molecule has 0 fully saturated rings. The van der Waals surface area contributed by atoms with Crippen LogP contribution in [0.2, 0.25) is 0 Å². The summed E-state index contributed by atoms with van der Waals surface area (Å²) in [5, 5.41) is 15.7. The van der Waals surface area contributed by atoms with Crippen molar-refractivity contribution in [2.75, 3.05) is 18.5 Å². The number of hydrogen-bond acceptors (Lipinski definition) is 4. The third-order valence-corrected chi connectivity index (χ3v) is 3.28. The average molecular weight is 328 g/mol. The fraction of sp³-hybridized carbons (Fsp3) is 0.278. The second kappa shape index (κ2) is 7.57. The van der Waals surface area contributed by atoms with Gasteiger partial charge in [-0.1, -0.05) is 12.0 Å². The van der Waals surface area contributed by atoms with E-state index in [1.165, 1.54) is 0 Å². The lowest BCUT2D eigenvalue weighted by Gasteiger charge is -2.21. The molecule has 24 heavy (non-hydrogen) atoms. The number of carbonyl (C=O) groups is 1. The SMILES string of the molecule is C#CCOc1cccc(NC(=O)NC[C@](C)(O)c2ccc(C)o2)c1. The minimum atomic E-state index is -1.30. The van der Waals surface area contributed by atoms with Crippen LogP contribution >= 0.6 is 0 Å². The maximum absolute atomic E-state index is 12.0. The van der Waals surface area contributed by atoms with Gasteiger partial charge in [-0.15, -0.1) is 6.42 Å². The summed E-state index contributed by atoms with van der Waals surface area (Å²) in [5.41, 5.74) is -0.751. The number of furan rings is 1. The molecule has 2 aromatic rings. The van der Waals surface area contributed by atoms with Gasteiger partial charge in [-0.3, -0.25) is 0 Å². The highest BCUT2D eigenvalue weighted by molar-refractivity contribution is 5.89. The Morgan fingerprint density at radius 2 is 2.21 bits per heavy atom. The Morgan fingerprint density at radius 1 is 1.42 bits per heavy atom. The van der Waals surface area contributed by atoms with Crippen LogP contribution in [-0.2, 0) is 5.60 Å². The number of rotatable bonds is 6. The third kappa shape index (κ3) is 4.80. The summed E-state index contributed by atoms with van der Waals surface area (Å²) in [7, 11) is 0. The van der Waals surface area contributed by atoms with E-state index in [0.717, 1.165) is 0 Å². The summed E-state index contributed by atoms with van der Waals surface area (Å²) < 4.78 is 10.7. The van der Waals surface area contributed by atoms with E-state index in [1.807, 2.05) is 0 Å². The van der Waals surface area contributed by atoms with Crippen LogP contribution in [0, 0.1) is 19.3 Å². The molecule has 1 heterocycles. The number of nitrogens with one attached hydrogen (secondary N) is 2. The summed E-state index contributed by atoms with van der Waals surface area (Å²) in [6.45, 7) is 3.51. The Labute approximate surface area is 140 Å². The van der Waals surface area contributed by atoms with Crippen LogP contribution < -0.4 is 15.4 Å². The quantitative estimate of drug-likeness (QED) is 0.712. The van der Waals surface area contributed by atoms with E-state index in [2.05, 4.69) is 16.6 Å². The van der Waals surface area contributed by atoms with Crippen molar-refractivity contribution >= 4 is 11.7 Å². The number of terminal acetylenes is 1. The Bertz CT molecular complexity index is 743. The minimum Gasteiger partial charge on any atom is -0.481 e. The van der Waals surface area contributed by atoms with Crippen LogP contribution in [0.5, 0.6) is 5.75 Å². The first-order valence-corrected chi connectivity index (χ1v) is 7.41. The number of amides is 2. The maximum atomic E-state index is 12.0. The predicted octanol–water partition coefficient (Wildman–Crippen LogP) is 2.63. The molecule has 0 saturated carbocycles. The van der Waals surface area contributed by atoms with Crippen molar-refractivity contribution in [3.8, 4) is 18.1 Å². The van der Waals surface area contributed by atoms with Crippen molar-refractivity contribution in [1.82, 2.24) is 5.32 Å². The second-order valence-electron chi connectivity index (χ2n) is 5.51. The number of carbonyl (C=O) groups excluding carboxylic acids is 1. The van der Waals surface area contributed by atoms with E-state index < -0.39 is 11.6 Å². The minimum absolute atomic E-state index is 0.000922. The van der Waals surface area contributed by atoms with Crippen LogP contribution in [0.1, 0.15) is 18.4 Å². The van der Waals surface area contributed by atoms with Gasteiger partial charge in [0.1, 0.15) is 29.5 Å². The van der Waals surface area contributed by atoms with Crippen molar-refractivity contribution in [3.63, 3.8) is 0 Å². The standard InChI is InChI=1S/C18H20N2O4/c1-4-10-23-15-7-5-6-14(11-15)20-17(21)19-12-18(3,22)16-9-8-13(2)24-16/h1,5-9,11,22H,10,12H2,2-3H3,(H2,19,20,21)/t18-/m0/s1. The molecule has 0 aliphatic carbocycles. The van der Waals surface area contributed by atoms with E-state index >= 15 is 0 Å². The maximum Gasteiger partial charge on any atom is 0.319 e. The summed E-state index contributed by atoms with van der Waals surface area (Å²) >= 11 is 0. The van der Waals surface area contributed by atoms with Gasteiger partial charge < -0.3 is 24.9 Å². The number of aryl methyl sites for hydroxylation is 1. The first kappa shape index (κ1) is 17.4. The topological polar surface area (TPSA) is 83.7 Å². The molecule has 0 spiro atoms. The normalized spacial score (nSPS) is 12.8. The molecule has 0 unspecified atom stereocenters. The summed E-state index contributed by atoms with van der Waals surface area (Å²) in [4.78, 5) is 12.0. The molecule has 1 aromatic heterocycles. The van der Waals surface area contributed by atoms with Crippen LogP contribution in [0.3, 0.4) is 0 Å². The Hall–Kier alpha value is -2.91. The highest BCUT2D eigenvalue weighted by Crippen LogP contribution is 2.22. The number of hydrogen-bond donors (Lipinski definition) is 3. The Morgan fingerprint density at radius 3 is 2.88 bits per heavy atom. The van der Waals surface area contributed by atoms with Crippen LogP contribution in [0.15, 0.2) is 40.8 Å². The van der Waals surface area contributed by atoms with Gasteiger partial charge in [0.15, 0.2) is 0 Å². The van der Waals surface area contributed by atoms with E-state index in [4.69, 9.17) is 15.6 Å². The zero-order chi connectivity index (χ0) is 17.6. The fourth-order valence-electron chi connectivity index (χ4n) is 2.03. The van der Waals surface area contributed by atoms with Gasteiger partial charge in [-0.25, -0.2) is 4.79 Å². The van der Waals surface area contributed by atoms with Crippen molar-refractivity contribution in [2.45, 2.75) is 19.4 Å². The summed E-state index contributed by atoms with van der Waals surface area (Å²) in [6, 6.07) is 9.84. The van der Waals surface area contributed by atoms with Gasteiger partial charge in [0.05, 0.1) is 6.54 Å². The van der Waals surface area contributed by atoms with E-state index in [-0.39, 0.29) is 13.2 Å². The smallest absolute Gasteiger partial charge is 0.319 e. The highest BCUT2D eigenvalue weighted by atomic mass is 16.5. The molecule has 1 atom stereocenters. The molecule has 126 valence electrons. The molecule has 2 rings (SSSR count). The molecule has 6 nitrogen and oxygen atoms in total. The lowest BCUT2D eigenvalue weighted by atomic mass is 10.0. The molecule has 0 radical (unpaired) electrons. The number of anilines is 1. The van der Waals surface area contributed by atoms with Crippen molar-refractivity contribution < 1.29 is 19.1 Å². The number of urea groups is 1. The number of benzene rings is 1. The third-order valence-electron chi connectivity index (χ3n) is 3.28. The lowest BCUT2D eigenvalue weighted by Crippen LogP contribution is -2.40. The van der Waals surface area contributed by atoms with Gasteiger partial charge in [0, 0.05) is 11.8 Å². The largest absolute Gasteiger partial charge is 0.481 e. The van der Waals surface area contributed by atoms with E-state index in [0.29, 0.717) is 23.0 Å². The highest BCUT2D eigenvalue weighted by Gasteiger charge is 2.27. The summed E-state index contributed by atoms with van der Waals surface area (Å²) in [6.07, 6.45) is 5.14. The fourth-order valence-corrected chi connectivity index (χ4v) is 2.03. The average Bonchev–Trinajstić information content (AvgIpc) is 2.99. The Kier molecular flexibility index (Phi) is 5.51. The molecule has 2 amide bonds. The van der Waals surface area contributed by atoms with Crippen LogP contribution in [0.4, 0.5) is 10.5 Å². The van der Waals surface area contributed by atoms with Gasteiger partial charge in [0.25, 0.3) is 0 Å². The molecule has 0 aliphatic heterocycles. The van der Waals surface area contributed by atoms with Crippen LogP contribution in [0.25, 0.3) is 0 Å². The van der Waals surface area contributed by atoms with Gasteiger partial charge in [-0.05, 0) is 38.1 Å². The van der Waals surface area contributed by atoms with Gasteiger partial charge in [0.2, 0.25) is 0 Å². The van der Waals surface area contributed by atoms with Crippen molar-refractivity contribution in [3.05, 3.63) is 47.9 Å². The van der Waals surface area contributed by atoms with E-state index in [9.17, 15) is 9.90 Å². The lowest BCUT2D eigenvalue weighted by molar-refractivity contribution is 0.0364. The first-order valence-electron chi connectivity index (χ1n) is 7.41. The molecule has 0 aliphatic rings. The molecule has 3 N–H and O–H groups in total. The monoisotopic (exact) mass is 328 g/mol. The van der Waals surface area contributed by atoms with Gasteiger partial charge >= 0.3 is 6.03 Å². The molecule has 0 saturated heterocycles. The predicted molar refractivity (Wildman–Crippen MR) is 90.8 cm³/mol. The van der Waals surface area contributed by atoms with Crippen molar-refractivity contribution in [2.24, 2.45) is 0 Å². The number of aliphatic hydroxyl groups is 1. The van der Waals surface area contributed by atoms with Gasteiger partial charge in [-0.2, -0.15) is 0 Å². The molecular weight excluding hydrogens is 308 g/mol. The molecule has 0 bridgehead atoms. The number of ether oxygens (including phenoxy) is 1. The first-order chi connectivity index (χ1) is 11.4. The summed E-state index contributed by atoms with van der Waals surface area (Å²) in [5.74, 6) is 4.02. The molecular formula is C18H20N2O4. The van der Waals surface area contributed by atoms with Crippen LogP contribution in [-0.4, -0.2) is 24.3 Å². The Balaban J connectivity index is 1.90. The zero-order valence-corrected chi connectivity index (χ0v) is 13.6. The molecule has 6 heteroatoms. The van der Waals surface area contributed by atoms with E-state index in [1.54, 1.807) is 50.2 Å². The van der Waals surface area contributed by atoms with Crippen molar-refractivity contribution in [1.29, 1.82) is 0 Å².